The van der Waals surface area contributed by atoms with E-state index in [1.807, 2.05) is 34.6 Å². The number of esters is 2. The molecule has 40 heavy (non-hydrogen) atoms. The summed E-state index contributed by atoms with van der Waals surface area (Å²) in [6.07, 6.45) is -1.00. The van der Waals surface area contributed by atoms with Gasteiger partial charge in [0.05, 0.1) is 11.8 Å². The lowest BCUT2D eigenvalue weighted by molar-refractivity contribution is -0.169. The van der Waals surface area contributed by atoms with E-state index >= 15 is 0 Å². The average molecular weight is 566 g/mol. The molecule has 0 saturated heterocycles. The molecule has 226 valence electrons. The Morgan fingerprint density at radius 2 is 1.32 bits per heavy atom. The van der Waals surface area contributed by atoms with Crippen molar-refractivity contribution in [3.05, 3.63) is 23.8 Å². The summed E-state index contributed by atoms with van der Waals surface area (Å²) in [4.78, 5) is 50.8. The summed E-state index contributed by atoms with van der Waals surface area (Å²) < 4.78 is 22.0. The number of carboxylic acid groups (broad SMARTS) is 1. The maximum absolute atomic E-state index is 12.8. The Balaban J connectivity index is 3.54. The van der Waals surface area contributed by atoms with E-state index in [2.05, 4.69) is 5.32 Å². The summed E-state index contributed by atoms with van der Waals surface area (Å²) in [6.45, 7) is 19.6. The van der Waals surface area contributed by atoms with Crippen LogP contribution in [0.3, 0.4) is 0 Å². The smallest absolute Gasteiger partial charge is 0.477 e. The van der Waals surface area contributed by atoms with Crippen LogP contribution in [0.2, 0.25) is 0 Å². The van der Waals surface area contributed by atoms with Crippen molar-refractivity contribution in [3.63, 3.8) is 0 Å². The molecule has 0 aliphatic rings. The Kier molecular flexibility index (Phi) is 12.6. The lowest BCUT2D eigenvalue weighted by Gasteiger charge is -2.33. The van der Waals surface area contributed by atoms with E-state index in [-0.39, 0.29) is 29.8 Å². The molecule has 0 aliphatic carbocycles. The molecule has 1 aromatic carbocycles. The predicted octanol–water partition coefficient (Wildman–Crippen LogP) is 5.74. The van der Waals surface area contributed by atoms with Crippen molar-refractivity contribution >= 4 is 24.1 Å². The van der Waals surface area contributed by atoms with Gasteiger partial charge in [-0.25, -0.2) is 9.59 Å². The summed E-state index contributed by atoms with van der Waals surface area (Å²) in [5.41, 5.74) is -2.73. The zero-order chi connectivity index (χ0) is 31.0. The lowest BCUT2D eigenvalue weighted by atomic mass is 9.98. The molecule has 2 N–H and O–H groups in total. The molecule has 0 fully saturated rings. The normalized spacial score (nSPS) is 14.8. The molecule has 0 saturated carbocycles. The van der Waals surface area contributed by atoms with Crippen molar-refractivity contribution in [2.75, 3.05) is 0 Å². The number of rotatable bonds is 14. The highest BCUT2D eigenvalue weighted by molar-refractivity contribution is 5.81. The first-order chi connectivity index (χ1) is 18.3. The van der Waals surface area contributed by atoms with Gasteiger partial charge in [0.15, 0.2) is 11.5 Å². The zero-order valence-corrected chi connectivity index (χ0v) is 25.7. The van der Waals surface area contributed by atoms with Crippen LogP contribution in [0.15, 0.2) is 18.2 Å². The molecule has 10 nitrogen and oxygen atoms in total. The summed E-state index contributed by atoms with van der Waals surface area (Å²) in [7, 11) is 0. The lowest BCUT2D eigenvalue weighted by Crippen LogP contribution is -2.59. The highest BCUT2D eigenvalue weighted by Gasteiger charge is 2.45. The van der Waals surface area contributed by atoms with Crippen LogP contribution in [0.5, 0.6) is 11.5 Å². The fourth-order valence-corrected chi connectivity index (χ4v) is 3.29. The van der Waals surface area contributed by atoms with Gasteiger partial charge in [-0.2, -0.15) is 0 Å². The number of nitrogens with one attached hydrogen (secondary N) is 1. The minimum absolute atomic E-state index is 0.00988. The maximum atomic E-state index is 12.8. The second-order valence-electron chi connectivity index (χ2n) is 11.9. The van der Waals surface area contributed by atoms with Crippen molar-refractivity contribution in [2.24, 2.45) is 23.7 Å². The van der Waals surface area contributed by atoms with Gasteiger partial charge in [0.1, 0.15) is 5.60 Å². The van der Waals surface area contributed by atoms with Crippen molar-refractivity contribution in [3.8, 4) is 11.5 Å². The van der Waals surface area contributed by atoms with Gasteiger partial charge in [-0.3, -0.25) is 14.9 Å². The van der Waals surface area contributed by atoms with Gasteiger partial charge in [0.25, 0.3) is 5.72 Å². The molecule has 0 bridgehead atoms. The third-order valence-corrected chi connectivity index (χ3v) is 6.96. The molecule has 0 radical (unpaired) electrons. The Morgan fingerprint density at radius 3 is 1.75 bits per heavy atom. The highest BCUT2D eigenvalue weighted by atomic mass is 16.8. The SMILES string of the molecule is CCC(C)(C)OC(=O)O[C@](Cc1ccc(OC(=O)C(C)C(C)C)c(OC(=O)C(C)C(C)C)c1)(NC(C)C)C(=O)O. The Labute approximate surface area is 238 Å². The second-order valence-corrected chi connectivity index (χ2v) is 11.9. The number of benzene rings is 1. The average Bonchev–Trinajstić information content (AvgIpc) is 2.83. The number of carbonyl (C=O) groups excluding carboxylic acids is 3. The Bertz CT molecular complexity index is 1050. The van der Waals surface area contributed by atoms with Gasteiger partial charge in [-0.15, -0.1) is 0 Å². The largest absolute Gasteiger partial charge is 0.511 e. The maximum Gasteiger partial charge on any atom is 0.511 e. The first-order valence-electron chi connectivity index (χ1n) is 13.8. The number of carbonyl (C=O) groups is 4. The molecule has 0 heterocycles. The second kappa shape index (κ2) is 14.5. The van der Waals surface area contributed by atoms with Gasteiger partial charge in [-0.1, -0.05) is 54.5 Å². The van der Waals surface area contributed by atoms with Crippen LogP contribution >= 0.6 is 0 Å². The number of hydrogen-bond donors (Lipinski definition) is 2. The van der Waals surface area contributed by atoms with Crippen molar-refractivity contribution in [1.82, 2.24) is 5.32 Å². The van der Waals surface area contributed by atoms with E-state index in [1.165, 1.54) is 18.2 Å². The molecule has 2 unspecified atom stereocenters. The topological polar surface area (TPSA) is 137 Å². The van der Waals surface area contributed by atoms with Gasteiger partial charge in [0.2, 0.25) is 0 Å². The van der Waals surface area contributed by atoms with Crippen molar-refractivity contribution < 1.29 is 43.2 Å². The first-order valence-corrected chi connectivity index (χ1v) is 13.8. The van der Waals surface area contributed by atoms with Crippen molar-refractivity contribution in [2.45, 2.75) is 106 Å². The molecule has 0 spiro atoms. The van der Waals surface area contributed by atoms with Crippen LogP contribution in [0.1, 0.15) is 88.1 Å². The van der Waals surface area contributed by atoms with E-state index in [0.717, 1.165) is 0 Å². The van der Waals surface area contributed by atoms with Crippen LogP contribution in [0.25, 0.3) is 0 Å². The van der Waals surface area contributed by atoms with Crippen LogP contribution < -0.4 is 14.8 Å². The molecule has 0 aliphatic heterocycles. The number of ether oxygens (including phenoxy) is 4. The molecular weight excluding hydrogens is 518 g/mol. The summed E-state index contributed by atoms with van der Waals surface area (Å²) in [5.74, 6) is -3.36. The van der Waals surface area contributed by atoms with Crippen LogP contribution in [-0.2, 0) is 30.3 Å². The van der Waals surface area contributed by atoms with Gasteiger partial charge in [-0.05, 0) is 63.6 Å². The fourth-order valence-electron chi connectivity index (χ4n) is 3.29. The van der Waals surface area contributed by atoms with Crippen LogP contribution in [0, 0.1) is 23.7 Å². The minimum atomic E-state index is -2.20. The summed E-state index contributed by atoms with van der Waals surface area (Å²) >= 11 is 0. The summed E-state index contributed by atoms with van der Waals surface area (Å²) in [6, 6.07) is 3.97. The monoisotopic (exact) mass is 565 g/mol. The predicted molar refractivity (Wildman–Crippen MR) is 150 cm³/mol. The molecule has 10 heteroatoms. The first kappa shape index (κ1) is 34.9. The molecule has 0 amide bonds. The van der Waals surface area contributed by atoms with E-state index in [9.17, 15) is 24.3 Å². The van der Waals surface area contributed by atoms with E-state index in [0.29, 0.717) is 12.0 Å². The van der Waals surface area contributed by atoms with Crippen LogP contribution in [0.4, 0.5) is 4.79 Å². The van der Waals surface area contributed by atoms with E-state index in [4.69, 9.17) is 18.9 Å². The van der Waals surface area contributed by atoms with E-state index in [1.54, 1.807) is 41.5 Å². The Morgan fingerprint density at radius 1 is 0.825 bits per heavy atom. The van der Waals surface area contributed by atoms with Gasteiger partial charge in [0, 0.05) is 12.5 Å². The number of aliphatic carboxylic acids is 1. The molecule has 3 atom stereocenters. The zero-order valence-electron chi connectivity index (χ0n) is 25.7. The molecule has 1 aromatic rings. The molecular formula is C30H47NO9. The van der Waals surface area contributed by atoms with Crippen LogP contribution in [-0.4, -0.2) is 46.5 Å². The van der Waals surface area contributed by atoms with Gasteiger partial charge >= 0.3 is 24.1 Å². The molecule has 0 aromatic heterocycles. The quantitative estimate of drug-likeness (QED) is 0.163. The standard InChI is InChI=1S/C30H47NO9/c1-12-29(10,11)39-28(36)40-30(27(34)35,31-19(6)7)16-22-13-14-23(37-25(32)20(8)17(2)3)24(15-22)38-26(33)21(9)18(4)5/h13-15,17-21,31H,12,16H2,1-11H3,(H,34,35)/t20?,21?,30-/m0/s1. The Hall–Kier alpha value is -3.14. The highest BCUT2D eigenvalue weighted by Crippen LogP contribution is 2.33. The fraction of sp³-hybridized carbons (Fsp3) is 0.667. The van der Waals surface area contributed by atoms with Crippen molar-refractivity contribution in [1.29, 1.82) is 0 Å². The number of hydrogen-bond acceptors (Lipinski definition) is 9. The third kappa shape index (κ3) is 10.1. The van der Waals surface area contributed by atoms with Gasteiger partial charge < -0.3 is 24.1 Å². The minimum Gasteiger partial charge on any atom is -0.477 e. The molecule has 1 rings (SSSR count). The summed E-state index contributed by atoms with van der Waals surface area (Å²) in [5, 5.41) is 13.1. The third-order valence-electron chi connectivity index (χ3n) is 6.96. The van der Waals surface area contributed by atoms with E-state index < -0.39 is 53.3 Å². The number of carboxylic acids is 1.